The van der Waals surface area contributed by atoms with Crippen LogP contribution in [0.5, 0.6) is 5.75 Å². The van der Waals surface area contributed by atoms with E-state index in [-0.39, 0.29) is 80.5 Å². The largest absolute Gasteiger partial charge is 0.491 e. The SMILES string of the molecule is CC(=O)N[C@@H](/C=N/OCc1ccc(C2(C(F)(F)F)N=N2)cc1OCCOCCOCCNC(=O)CCCC[C@@H]1SC[C@@H]2NC(=O)N[C@@H]21)[C@@H](O[C@@H]1O[C@@H](C)[C@@H](O)[C@@H](O)[C@@H]1O)[C@@H](O[C@@H]1O[C@H](CO)[C@H](O)[C@H](O)[C@H]1O)[C@H](O)CO. The van der Waals surface area contributed by atoms with Gasteiger partial charge in [0.15, 0.2) is 12.6 Å². The molecule has 0 aliphatic carbocycles. The molecule has 0 aromatic heterocycles. The first kappa shape index (κ1) is 61.1. The number of hydrogen-bond acceptors (Lipinski definition) is 24. The highest BCUT2D eigenvalue weighted by Crippen LogP contribution is 2.53. The molecule has 5 aliphatic heterocycles. The van der Waals surface area contributed by atoms with Crippen LogP contribution in [0.25, 0.3) is 0 Å². The molecule has 0 bridgehead atoms. The van der Waals surface area contributed by atoms with Gasteiger partial charge >= 0.3 is 17.9 Å². The standard InChI is InChI=1S/C45H68F3N7O20S/c1-21-33(61)35(63)37(65)41(72-21)74-39(40(27(59)17-56)75-42-38(66)36(64)34(62)29(18-57)73-42)25(51-22(2)58)16-50-71-19-23-7-8-24(44(54-55-44)45(46,47)48)15-28(23)70-14-13-69-12-11-68-10-9-49-31(60)6-4-3-5-30-32-26(20-76-30)52-43(67)53-32/h7-8,15-16,21,25-27,29-30,32-42,56-57,59,61-66H,3-6,9-14,17-20H2,1-2H3,(H,49,60)(H,51,58)(H2,52,53,67)/b50-16+/t21-,25-,26-,27+,29+,30-,32-,33+,34-,35+,36-,37-,38+,39+,40-,41-,42-/m0/s1. The van der Waals surface area contributed by atoms with Gasteiger partial charge in [-0.3, -0.25) is 9.59 Å². The van der Waals surface area contributed by atoms with E-state index in [1.54, 1.807) is 0 Å². The average Bonchev–Trinajstić information content (AvgIpc) is 4.07. The third-order valence-corrected chi connectivity index (χ3v) is 14.5. The summed E-state index contributed by atoms with van der Waals surface area (Å²) in [4.78, 5) is 42.1. The van der Waals surface area contributed by atoms with Crippen molar-refractivity contribution in [1.82, 2.24) is 21.3 Å². The second-order valence-electron chi connectivity index (χ2n) is 18.6. The van der Waals surface area contributed by atoms with Gasteiger partial charge in [-0.25, -0.2) is 4.79 Å². The van der Waals surface area contributed by atoms with E-state index in [9.17, 15) is 73.5 Å². The van der Waals surface area contributed by atoms with Crippen LogP contribution in [0.15, 0.2) is 33.6 Å². The molecule has 430 valence electrons. The smallest absolute Gasteiger partial charge is 0.442 e. The van der Waals surface area contributed by atoms with Crippen molar-refractivity contribution in [3.05, 3.63) is 29.3 Å². The van der Waals surface area contributed by atoms with Gasteiger partial charge in [0.2, 0.25) is 11.8 Å². The van der Waals surface area contributed by atoms with E-state index in [1.165, 1.54) is 13.0 Å². The lowest BCUT2D eigenvalue weighted by Crippen LogP contribution is -2.64. The predicted octanol–water partition coefficient (Wildman–Crippen LogP) is -3.12. The molecule has 6 rings (SSSR count). The molecule has 0 spiro atoms. The number of rotatable bonds is 30. The van der Waals surface area contributed by atoms with Crippen molar-refractivity contribution in [3.63, 3.8) is 0 Å². The lowest BCUT2D eigenvalue weighted by molar-refractivity contribution is -0.345. The molecule has 4 amide bonds. The maximum absolute atomic E-state index is 14.0. The molecular formula is C45H68F3N7O20S. The van der Waals surface area contributed by atoms with E-state index in [1.807, 2.05) is 11.8 Å². The molecule has 5 aliphatic rings. The zero-order valence-electron chi connectivity index (χ0n) is 41.4. The average molecular weight is 1120 g/mol. The van der Waals surface area contributed by atoms with E-state index in [4.69, 9.17) is 38.0 Å². The van der Waals surface area contributed by atoms with E-state index in [2.05, 4.69) is 36.7 Å². The number of alkyl halides is 3. The Morgan fingerprint density at radius 2 is 1.59 bits per heavy atom. The number of thioether (sulfide) groups is 1. The van der Waals surface area contributed by atoms with Crippen molar-refractivity contribution >= 4 is 35.8 Å². The highest BCUT2D eigenvalue weighted by atomic mass is 32.2. The molecular weight excluding hydrogens is 1050 g/mol. The number of halogens is 3. The number of urea groups is 1. The summed E-state index contributed by atoms with van der Waals surface area (Å²) < 4.78 is 81.9. The van der Waals surface area contributed by atoms with Crippen molar-refractivity contribution in [2.24, 2.45) is 15.4 Å². The summed E-state index contributed by atoms with van der Waals surface area (Å²) in [6.45, 7) is 0.354. The Morgan fingerprint density at radius 1 is 0.921 bits per heavy atom. The minimum absolute atomic E-state index is 0.0500. The van der Waals surface area contributed by atoms with Gasteiger partial charge in [0.25, 0.3) is 0 Å². The molecule has 17 atom stereocenters. The third kappa shape index (κ3) is 15.8. The van der Waals surface area contributed by atoms with Gasteiger partial charge in [0, 0.05) is 42.0 Å². The molecule has 13 N–H and O–H groups in total. The van der Waals surface area contributed by atoms with Gasteiger partial charge in [-0.1, -0.05) is 23.7 Å². The first-order valence-corrected chi connectivity index (χ1v) is 25.6. The lowest BCUT2D eigenvalue weighted by Gasteiger charge is -2.45. The van der Waals surface area contributed by atoms with Crippen molar-refractivity contribution in [1.29, 1.82) is 0 Å². The van der Waals surface area contributed by atoms with Gasteiger partial charge in [0.05, 0.1) is 70.1 Å². The molecule has 1 aromatic rings. The van der Waals surface area contributed by atoms with Crippen molar-refractivity contribution in [2.45, 2.75) is 161 Å². The number of carbonyl (C=O) groups excluding carboxylic acids is 3. The predicted molar refractivity (Wildman–Crippen MR) is 253 cm³/mol. The molecule has 0 radical (unpaired) electrons. The Kier molecular flexibility index (Phi) is 22.6. The molecule has 1 aromatic carbocycles. The van der Waals surface area contributed by atoms with Crippen molar-refractivity contribution in [2.75, 3.05) is 58.5 Å². The molecule has 0 unspecified atom stereocenters. The Labute approximate surface area is 437 Å². The Morgan fingerprint density at radius 3 is 2.26 bits per heavy atom. The summed E-state index contributed by atoms with van der Waals surface area (Å²) in [5.74, 6) is -0.152. The summed E-state index contributed by atoms with van der Waals surface area (Å²) in [5.41, 5.74) is -3.06. The van der Waals surface area contributed by atoms with Crippen molar-refractivity contribution in [3.8, 4) is 5.75 Å². The Balaban J connectivity index is 1.05. The lowest BCUT2D eigenvalue weighted by atomic mass is 9.97. The van der Waals surface area contributed by atoms with Crippen LogP contribution in [0.3, 0.4) is 0 Å². The fraction of sp³-hybridized carbons (Fsp3) is 0.778. The normalized spacial score (nSPS) is 31.4. The number of aliphatic hydroxyl groups is 9. The van der Waals surface area contributed by atoms with Crippen LogP contribution in [0.4, 0.5) is 18.0 Å². The fourth-order valence-corrected chi connectivity index (χ4v) is 10.3. The highest BCUT2D eigenvalue weighted by Gasteiger charge is 2.65. The van der Waals surface area contributed by atoms with Crippen LogP contribution in [0, 0.1) is 0 Å². The minimum Gasteiger partial charge on any atom is -0.491 e. The zero-order chi connectivity index (χ0) is 55.3. The molecule has 4 saturated heterocycles. The number of nitrogens with one attached hydrogen (secondary N) is 4. The molecule has 27 nitrogen and oxygen atoms in total. The van der Waals surface area contributed by atoms with E-state index >= 15 is 0 Å². The van der Waals surface area contributed by atoms with Gasteiger partial charge in [-0.15, -0.1) is 10.2 Å². The van der Waals surface area contributed by atoms with E-state index in [0.717, 1.165) is 43.9 Å². The van der Waals surface area contributed by atoms with Crippen LogP contribution in [-0.4, -0.2) is 238 Å². The monoisotopic (exact) mass is 1120 g/mol. The Hall–Kier alpha value is -4.16. The summed E-state index contributed by atoms with van der Waals surface area (Å²) >= 11 is 1.82. The van der Waals surface area contributed by atoms with Gasteiger partial charge in [0.1, 0.15) is 80.0 Å². The molecule has 76 heavy (non-hydrogen) atoms. The summed E-state index contributed by atoms with van der Waals surface area (Å²) in [6, 6.07) is 1.88. The second kappa shape index (κ2) is 28.1. The maximum Gasteiger partial charge on any atom is 0.442 e. The van der Waals surface area contributed by atoms with Crippen LogP contribution in [0.1, 0.15) is 50.7 Å². The molecule has 0 saturated carbocycles. The van der Waals surface area contributed by atoms with Gasteiger partial charge in [-0.05, 0) is 25.8 Å². The third-order valence-electron chi connectivity index (χ3n) is 13.0. The quantitative estimate of drug-likeness (QED) is 0.0157. The van der Waals surface area contributed by atoms with Gasteiger partial charge < -0.3 is 105 Å². The number of aliphatic hydroxyl groups excluding tert-OH is 9. The molecule has 31 heteroatoms. The number of unbranched alkanes of at least 4 members (excludes halogenated alkanes) is 1. The van der Waals surface area contributed by atoms with Crippen LogP contribution in [-0.2, 0) is 55.1 Å². The van der Waals surface area contributed by atoms with Crippen LogP contribution in [0.2, 0.25) is 0 Å². The fourth-order valence-electron chi connectivity index (χ4n) is 8.75. The van der Waals surface area contributed by atoms with Crippen LogP contribution < -0.4 is 26.0 Å². The van der Waals surface area contributed by atoms with E-state index < -0.39 is 123 Å². The summed E-state index contributed by atoms with van der Waals surface area (Å²) in [7, 11) is 0. The number of amides is 4. The number of oxime groups is 1. The van der Waals surface area contributed by atoms with Gasteiger partial charge in [-0.2, -0.15) is 24.9 Å². The zero-order valence-corrected chi connectivity index (χ0v) is 42.2. The molecule has 5 heterocycles. The van der Waals surface area contributed by atoms with Crippen LogP contribution >= 0.6 is 11.8 Å². The number of hydrogen-bond donors (Lipinski definition) is 13. The molecule has 4 fully saturated rings. The highest BCUT2D eigenvalue weighted by molar-refractivity contribution is 8.00. The van der Waals surface area contributed by atoms with E-state index in [0.29, 0.717) is 18.1 Å². The number of benzene rings is 1. The summed E-state index contributed by atoms with van der Waals surface area (Å²) in [5, 5.41) is 116. The minimum atomic E-state index is -4.88. The first-order valence-electron chi connectivity index (χ1n) is 24.6. The number of carbonyl (C=O) groups is 3. The Bertz CT molecular complexity index is 2100. The second-order valence-corrected chi connectivity index (χ2v) is 19.8. The number of ether oxygens (including phenoxy) is 7. The summed E-state index contributed by atoms with van der Waals surface area (Å²) in [6.07, 6.45) is -25.1. The number of nitrogens with zero attached hydrogens (tertiary/aromatic N) is 3. The first-order chi connectivity index (χ1) is 36.2. The maximum atomic E-state index is 14.0. The number of fused-ring (bicyclic) bond motifs is 1. The van der Waals surface area contributed by atoms with Crippen molar-refractivity contribution < 1.29 is 112 Å². The topological polar surface area (TPSA) is 392 Å².